The summed E-state index contributed by atoms with van der Waals surface area (Å²) in [6.07, 6.45) is 2.13. The second-order valence-electron chi connectivity index (χ2n) is 4.24. The number of carboxylic acids is 1. The highest BCUT2D eigenvalue weighted by atomic mass is 19.1. The molecule has 1 aliphatic rings. The van der Waals surface area contributed by atoms with Crippen LogP contribution in [0, 0.1) is 21.8 Å². The van der Waals surface area contributed by atoms with Crippen molar-refractivity contribution in [3.63, 3.8) is 0 Å². The first kappa shape index (κ1) is 12.3. The number of hydrogen-bond acceptors (Lipinski definition) is 4. The molecule has 0 radical (unpaired) electrons. The third-order valence-corrected chi connectivity index (χ3v) is 2.79. The fraction of sp³-hybridized carbons (Fsp3) is 0.364. The van der Waals surface area contributed by atoms with Crippen molar-refractivity contribution in [3.8, 4) is 0 Å². The van der Waals surface area contributed by atoms with Gasteiger partial charge in [-0.15, -0.1) is 0 Å². The summed E-state index contributed by atoms with van der Waals surface area (Å²) in [5.74, 6) is -1.78. The maximum absolute atomic E-state index is 13.6. The van der Waals surface area contributed by atoms with Gasteiger partial charge in [-0.25, -0.2) is 9.18 Å². The van der Waals surface area contributed by atoms with Crippen LogP contribution in [-0.2, 0) is 0 Å². The number of aromatic carboxylic acids is 1. The first-order chi connectivity index (χ1) is 8.49. The molecule has 0 bridgehead atoms. The standard InChI is InChI=1S/C11H11FN2O4/c12-8-4-10(14(17)18)7(11(15)16)3-9(8)13-5-6-1-2-6/h3-4,6,13H,1-2,5H2,(H,15,16). The van der Waals surface area contributed by atoms with Crippen molar-refractivity contribution in [2.24, 2.45) is 5.92 Å². The molecule has 1 saturated carbocycles. The Hall–Kier alpha value is -2.18. The monoisotopic (exact) mass is 254 g/mol. The van der Waals surface area contributed by atoms with Crippen LogP contribution in [0.2, 0.25) is 0 Å². The average Bonchev–Trinajstić information content (AvgIpc) is 3.10. The van der Waals surface area contributed by atoms with Crippen molar-refractivity contribution in [3.05, 3.63) is 33.6 Å². The number of nitrogens with zero attached hydrogens (tertiary/aromatic N) is 1. The van der Waals surface area contributed by atoms with Gasteiger partial charge in [0.05, 0.1) is 16.7 Å². The van der Waals surface area contributed by atoms with Gasteiger partial charge in [0.1, 0.15) is 5.56 Å². The molecule has 0 amide bonds. The second-order valence-corrected chi connectivity index (χ2v) is 4.24. The Morgan fingerprint density at radius 1 is 1.56 bits per heavy atom. The van der Waals surface area contributed by atoms with Gasteiger partial charge in [0.25, 0.3) is 5.69 Å². The van der Waals surface area contributed by atoms with E-state index in [1.807, 2.05) is 0 Å². The molecule has 0 unspecified atom stereocenters. The summed E-state index contributed by atoms with van der Waals surface area (Å²) in [5, 5.41) is 22.3. The first-order valence-electron chi connectivity index (χ1n) is 5.44. The Labute approximate surface area is 102 Å². The molecule has 1 aromatic carbocycles. The maximum atomic E-state index is 13.6. The van der Waals surface area contributed by atoms with E-state index in [1.165, 1.54) is 0 Å². The Balaban J connectivity index is 2.32. The molecule has 2 N–H and O–H groups in total. The van der Waals surface area contributed by atoms with Gasteiger partial charge in [-0.3, -0.25) is 10.1 Å². The number of benzene rings is 1. The highest BCUT2D eigenvalue weighted by Crippen LogP contribution is 2.31. The topological polar surface area (TPSA) is 92.5 Å². The van der Waals surface area contributed by atoms with E-state index < -0.39 is 28.0 Å². The minimum atomic E-state index is -1.45. The lowest BCUT2D eigenvalue weighted by molar-refractivity contribution is -0.385. The summed E-state index contributed by atoms with van der Waals surface area (Å²) < 4.78 is 13.6. The zero-order valence-electron chi connectivity index (χ0n) is 9.35. The summed E-state index contributed by atoms with van der Waals surface area (Å²) in [7, 11) is 0. The molecule has 1 fully saturated rings. The molecule has 1 aliphatic carbocycles. The van der Waals surface area contributed by atoms with E-state index in [0.29, 0.717) is 18.5 Å². The van der Waals surface area contributed by atoms with Crippen molar-refractivity contribution < 1.29 is 19.2 Å². The number of carboxylic acid groups (broad SMARTS) is 1. The normalized spacial score (nSPS) is 14.3. The van der Waals surface area contributed by atoms with Gasteiger partial charge in [0, 0.05) is 6.54 Å². The molecule has 1 aromatic rings. The minimum absolute atomic E-state index is 0.00935. The van der Waals surface area contributed by atoms with Crippen LogP contribution in [0.3, 0.4) is 0 Å². The molecule has 2 rings (SSSR count). The number of hydrogen-bond donors (Lipinski definition) is 2. The van der Waals surface area contributed by atoms with Crippen LogP contribution in [0.25, 0.3) is 0 Å². The summed E-state index contributed by atoms with van der Waals surface area (Å²) in [5.41, 5.74) is -1.26. The van der Waals surface area contributed by atoms with Gasteiger partial charge in [0.2, 0.25) is 0 Å². The Morgan fingerprint density at radius 2 is 2.22 bits per heavy atom. The van der Waals surface area contributed by atoms with Crippen molar-refractivity contribution in [1.29, 1.82) is 0 Å². The second kappa shape index (κ2) is 4.59. The Bertz CT molecular complexity index is 514. The number of nitro groups is 1. The zero-order valence-corrected chi connectivity index (χ0v) is 9.35. The molecule has 0 spiro atoms. The largest absolute Gasteiger partial charge is 0.477 e. The van der Waals surface area contributed by atoms with Crippen LogP contribution in [0.15, 0.2) is 12.1 Å². The van der Waals surface area contributed by atoms with Crippen LogP contribution in [-0.4, -0.2) is 22.5 Å². The number of nitro benzene ring substituents is 1. The van der Waals surface area contributed by atoms with Crippen LogP contribution >= 0.6 is 0 Å². The van der Waals surface area contributed by atoms with Crippen molar-refractivity contribution >= 4 is 17.3 Å². The molecule has 0 atom stereocenters. The molecule has 6 nitrogen and oxygen atoms in total. The molecule has 0 heterocycles. The lowest BCUT2D eigenvalue weighted by Crippen LogP contribution is -2.09. The van der Waals surface area contributed by atoms with Crippen molar-refractivity contribution in [2.45, 2.75) is 12.8 Å². The van der Waals surface area contributed by atoms with E-state index in [0.717, 1.165) is 18.9 Å². The van der Waals surface area contributed by atoms with E-state index in [4.69, 9.17) is 5.11 Å². The fourth-order valence-electron chi connectivity index (χ4n) is 1.60. The molecule has 96 valence electrons. The summed E-state index contributed by atoms with van der Waals surface area (Å²) in [6.45, 7) is 0.549. The summed E-state index contributed by atoms with van der Waals surface area (Å²) in [6, 6.07) is 1.61. The molecular formula is C11H11FN2O4. The third-order valence-electron chi connectivity index (χ3n) is 2.79. The third kappa shape index (κ3) is 2.55. The van der Waals surface area contributed by atoms with Crippen molar-refractivity contribution in [2.75, 3.05) is 11.9 Å². The fourth-order valence-corrected chi connectivity index (χ4v) is 1.60. The summed E-state index contributed by atoms with van der Waals surface area (Å²) in [4.78, 5) is 20.6. The van der Waals surface area contributed by atoms with E-state index >= 15 is 0 Å². The van der Waals surface area contributed by atoms with Gasteiger partial charge < -0.3 is 10.4 Å². The van der Waals surface area contributed by atoms with E-state index in [9.17, 15) is 19.3 Å². The minimum Gasteiger partial charge on any atom is -0.477 e. The van der Waals surface area contributed by atoms with Crippen molar-refractivity contribution in [1.82, 2.24) is 0 Å². The SMILES string of the molecule is O=C(O)c1cc(NCC2CC2)c(F)cc1[N+](=O)[O-]. The van der Waals surface area contributed by atoms with Gasteiger partial charge in [0.15, 0.2) is 5.82 Å². The molecule has 18 heavy (non-hydrogen) atoms. The van der Waals surface area contributed by atoms with Crippen LogP contribution in [0.4, 0.5) is 15.8 Å². The van der Waals surface area contributed by atoms with Gasteiger partial charge in [-0.05, 0) is 24.8 Å². The first-order valence-corrected chi connectivity index (χ1v) is 5.44. The predicted octanol–water partition coefficient (Wildman–Crippen LogP) is 2.25. The number of anilines is 1. The highest BCUT2D eigenvalue weighted by molar-refractivity contribution is 5.93. The molecule has 0 aromatic heterocycles. The van der Waals surface area contributed by atoms with Gasteiger partial charge in [-0.1, -0.05) is 0 Å². The average molecular weight is 254 g/mol. The molecular weight excluding hydrogens is 243 g/mol. The molecule has 0 saturated heterocycles. The lowest BCUT2D eigenvalue weighted by Gasteiger charge is -2.08. The van der Waals surface area contributed by atoms with E-state index in [1.54, 1.807) is 0 Å². The van der Waals surface area contributed by atoms with Gasteiger partial charge >= 0.3 is 5.97 Å². The highest BCUT2D eigenvalue weighted by Gasteiger charge is 2.25. The van der Waals surface area contributed by atoms with Crippen LogP contribution in [0.5, 0.6) is 0 Å². The Kier molecular flexibility index (Phi) is 3.14. The summed E-state index contributed by atoms with van der Waals surface area (Å²) >= 11 is 0. The quantitative estimate of drug-likeness (QED) is 0.621. The lowest BCUT2D eigenvalue weighted by atomic mass is 10.1. The predicted molar refractivity (Wildman–Crippen MR) is 61.2 cm³/mol. The van der Waals surface area contributed by atoms with E-state index in [2.05, 4.69) is 5.32 Å². The zero-order chi connectivity index (χ0) is 13.3. The Morgan fingerprint density at radius 3 is 2.72 bits per heavy atom. The smallest absolute Gasteiger partial charge is 0.342 e. The maximum Gasteiger partial charge on any atom is 0.342 e. The molecule has 7 heteroatoms. The number of carbonyl (C=O) groups is 1. The van der Waals surface area contributed by atoms with Crippen LogP contribution in [0.1, 0.15) is 23.2 Å². The number of nitrogens with one attached hydrogen (secondary N) is 1. The number of rotatable bonds is 5. The van der Waals surface area contributed by atoms with Gasteiger partial charge in [-0.2, -0.15) is 0 Å². The number of halogens is 1. The van der Waals surface area contributed by atoms with Crippen LogP contribution < -0.4 is 5.32 Å². The van der Waals surface area contributed by atoms with E-state index in [-0.39, 0.29) is 5.69 Å². The molecule has 0 aliphatic heterocycles.